The van der Waals surface area contributed by atoms with E-state index in [1.165, 1.54) is 6.07 Å². The molecule has 0 unspecified atom stereocenters. The van der Waals surface area contributed by atoms with E-state index in [4.69, 9.17) is 0 Å². The molecule has 0 radical (unpaired) electrons. The summed E-state index contributed by atoms with van der Waals surface area (Å²) in [6, 6.07) is 12.8. The Hall–Kier alpha value is -1.48. The van der Waals surface area contributed by atoms with Crippen LogP contribution in [0.15, 0.2) is 54.9 Å². The highest BCUT2D eigenvalue weighted by Crippen LogP contribution is 2.14. The fraction of sp³-hybridized carbons (Fsp3) is 0. The zero-order valence-electron chi connectivity index (χ0n) is 8.40. The number of aromatic nitrogens is 1. The predicted molar refractivity (Wildman–Crippen MR) is 57.1 cm³/mol. The maximum absolute atomic E-state index is 13.0. The van der Waals surface area contributed by atoms with Crippen LogP contribution in [0.2, 0.25) is 0 Å². The standard InChI is InChI=1S/C13H9FN.BrH/c14-12-5-4-10-9-15-6-2-1-3-13(15)8-11(10)7-12;/h1-9H;1H/q+1;/p-1. The molecule has 16 heavy (non-hydrogen) atoms. The summed E-state index contributed by atoms with van der Waals surface area (Å²) in [5.74, 6) is -0.192. The Morgan fingerprint density at radius 3 is 2.69 bits per heavy atom. The van der Waals surface area contributed by atoms with Gasteiger partial charge in [0, 0.05) is 23.6 Å². The summed E-state index contributed by atoms with van der Waals surface area (Å²) in [6.07, 6.45) is 3.99. The van der Waals surface area contributed by atoms with Crippen LogP contribution < -0.4 is 21.4 Å². The first-order valence-electron chi connectivity index (χ1n) is 4.82. The molecule has 2 heterocycles. The maximum atomic E-state index is 13.0. The SMILES string of the molecule is Fc1ccc2c[n+]3ccccc3cc2c1.[Br-]. The van der Waals surface area contributed by atoms with Gasteiger partial charge in [0.1, 0.15) is 5.82 Å². The number of nitrogens with zero attached hydrogens (tertiary/aromatic N) is 1. The van der Waals surface area contributed by atoms with Gasteiger partial charge in [0.05, 0.1) is 0 Å². The summed E-state index contributed by atoms with van der Waals surface area (Å²) in [6.45, 7) is 0. The van der Waals surface area contributed by atoms with Crippen molar-refractivity contribution >= 4 is 16.3 Å². The first-order chi connectivity index (χ1) is 7.33. The molecule has 3 rings (SSSR count). The molecule has 80 valence electrons. The molecule has 0 spiro atoms. The predicted octanol–water partition coefficient (Wildman–Crippen LogP) is -0.278. The lowest BCUT2D eigenvalue weighted by Gasteiger charge is -1.96. The Kier molecular flexibility index (Phi) is 2.88. The summed E-state index contributed by atoms with van der Waals surface area (Å²) in [5.41, 5.74) is 1.07. The number of benzene rings is 1. The monoisotopic (exact) mass is 277 g/mol. The van der Waals surface area contributed by atoms with Crippen LogP contribution in [0.25, 0.3) is 16.3 Å². The van der Waals surface area contributed by atoms with E-state index in [1.807, 2.05) is 41.1 Å². The average molecular weight is 278 g/mol. The molecule has 0 N–H and O–H groups in total. The van der Waals surface area contributed by atoms with Gasteiger partial charge in [0.25, 0.3) is 0 Å². The number of fused-ring (bicyclic) bond motifs is 2. The molecule has 2 aromatic heterocycles. The summed E-state index contributed by atoms with van der Waals surface area (Å²) >= 11 is 0. The van der Waals surface area contributed by atoms with Gasteiger partial charge in [-0.3, -0.25) is 0 Å². The first kappa shape index (κ1) is 11.0. The molecule has 0 saturated carbocycles. The quantitative estimate of drug-likeness (QED) is 0.393. The third-order valence-electron chi connectivity index (χ3n) is 2.55. The molecule has 3 aromatic rings. The van der Waals surface area contributed by atoms with Crippen LogP contribution in [-0.4, -0.2) is 0 Å². The smallest absolute Gasteiger partial charge is 0.211 e. The van der Waals surface area contributed by atoms with Gasteiger partial charge >= 0.3 is 0 Å². The molecule has 0 fully saturated rings. The number of hydrogen-bond donors (Lipinski definition) is 0. The van der Waals surface area contributed by atoms with Crippen molar-refractivity contribution in [3.05, 3.63) is 60.7 Å². The normalized spacial score (nSPS) is 10.3. The highest BCUT2D eigenvalue weighted by Gasteiger charge is 2.04. The van der Waals surface area contributed by atoms with E-state index < -0.39 is 0 Å². The van der Waals surface area contributed by atoms with E-state index in [0.29, 0.717) is 0 Å². The zero-order valence-corrected chi connectivity index (χ0v) is 9.99. The number of halogens is 2. The van der Waals surface area contributed by atoms with E-state index >= 15 is 0 Å². The molecular formula is C13H9BrFN. The topological polar surface area (TPSA) is 4.10 Å². The van der Waals surface area contributed by atoms with E-state index in [2.05, 4.69) is 0 Å². The van der Waals surface area contributed by atoms with Gasteiger partial charge in [0.2, 0.25) is 5.52 Å². The first-order valence-corrected chi connectivity index (χ1v) is 4.82. The van der Waals surface area contributed by atoms with Gasteiger partial charge < -0.3 is 17.0 Å². The maximum Gasteiger partial charge on any atom is 0.211 e. The van der Waals surface area contributed by atoms with Crippen LogP contribution in [0.3, 0.4) is 0 Å². The molecule has 0 saturated heterocycles. The lowest BCUT2D eigenvalue weighted by atomic mass is 10.1. The molecule has 0 atom stereocenters. The van der Waals surface area contributed by atoms with Crippen molar-refractivity contribution in [2.24, 2.45) is 0 Å². The Balaban J connectivity index is 0.000000963. The van der Waals surface area contributed by atoms with E-state index in [0.717, 1.165) is 16.3 Å². The highest BCUT2D eigenvalue weighted by molar-refractivity contribution is 5.83. The van der Waals surface area contributed by atoms with Gasteiger partial charge in [-0.25, -0.2) is 4.39 Å². The second-order valence-corrected chi connectivity index (χ2v) is 3.58. The van der Waals surface area contributed by atoms with Gasteiger partial charge in [-0.05, 0) is 29.7 Å². The van der Waals surface area contributed by atoms with E-state index in [9.17, 15) is 4.39 Å². The second kappa shape index (κ2) is 4.18. The van der Waals surface area contributed by atoms with Crippen LogP contribution in [0.4, 0.5) is 4.39 Å². The molecular weight excluding hydrogens is 269 g/mol. The number of pyridine rings is 2. The number of hydrogen-bond acceptors (Lipinski definition) is 0. The average Bonchev–Trinajstić information content (AvgIpc) is 2.26. The molecule has 1 nitrogen and oxygen atoms in total. The molecule has 3 heteroatoms. The third-order valence-corrected chi connectivity index (χ3v) is 2.55. The van der Waals surface area contributed by atoms with Crippen LogP contribution in [0.5, 0.6) is 0 Å². The van der Waals surface area contributed by atoms with E-state index in [-0.39, 0.29) is 22.8 Å². The van der Waals surface area contributed by atoms with Crippen molar-refractivity contribution in [1.29, 1.82) is 0 Å². The van der Waals surface area contributed by atoms with Crippen LogP contribution in [-0.2, 0) is 0 Å². The van der Waals surface area contributed by atoms with Crippen molar-refractivity contribution in [2.75, 3.05) is 0 Å². The van der Waals surface area contributed by atoms with Crippen molar-refractivity contribution in [1.82, 2.24) is 0 Å². The third kappa shape index (κ3) is 1.78. The minimum Gasteiger partial charge on any atom is -1.00 e. The van der Waals surface area contributed by atoms with Gasteiger partial charge in [0.15, 0.2) is 12.4 Å². The minimum atomic E-state index is -0.192. The van der Waals surface area contributed by atoms with Gasteiger partial charge in [-0.15, -0.1) is 0 Å². The van der Waals surface area contributed by atoms with Crippen LogP contribution >= 0.6 is 0 Å². The molecule has 0 bridgehead atoms. The Morgan fingerprint density at radius 1 is 0.938 bits per heavy atom. The van der Waals surface area contributed by atoms with Crippen molar-refractivity contribution in [2.45, 2.75) is 0 Å². The summed E-state index contributed by atoms with van der Waals surface area (Å²) < 4.78 is 15.1. The highest BCUT2D eigenvalue weighted by atomic mass is 79.9. The fourth-order valence-corrected chi connectivity index (χ4v) is 1.81. The lowest BCUT2D eigenvalue weighted by Crippen LogP contribution is -3.00. The van der Waals surface area contributed by atoms with Crippen molar-refractivity contribution < 1.29 is 25.8 Å². The van der Waals surface area contributed by atoms with Crippen molar-refractivity contribution in [3.63, 3.8) is 0 Å². The summed E-state index contributed by atoms with van der Waals surface area (Å²) in [4.78, 5) is 0. The number of rotatable bonds is 0. The van der Waals surface area contributed by atoms with E-state index in [1.54, 1.807) is 12.1 Å². The molecule has 0 aliphatic carbocycles. The largest absolute Gasteiger partial charge is 1.00 e. The lowest BCUT2D eigenvalue weighted by molar-refractivity contribution is -0.510. The molecule has 0 aliphatic heterocycles. The van der Waals surface area contributed by atoms with Crippen molar-refractivity contribution in [3.8, 4) is 0 Å². The minimum absolute atomic E-state index is 0. The van der Waals surface area contributed by atoms with Gasteiger partial charge in [-0.2, -0.15) is 4.40 Å². The summed E-state index contributed by atoms with van der Waals surface area (Å²) in [5, 5.41) is 1.97. The zero-order chi connectivity index (χ0) is 10.3. The fourth-order valence-electron chi connectivity index (χ4n) is 1.81. The Bertz CT molecular complexity index is 652. The Morgan fingerprint density at radius 2 is 1.81 bits per heavy atom. The van der Waals surface area contributed by atoms with Crippen LogP contribution in [0.1, 0.15) is 0 Å². The Labute approximate surface area is 103 Å². The van der Waals surface area contributed by atoms with Crippen LogP contribution in [0, 0.1) is 5.82 Å². The molecule has 0 amide bonds. The molecule has 0 aliphatic rings. The van der Waals surface area contributed by atoms with Gasteiger partial charge in [-0.1, -0.05) is 0 Å². The second-order valence-electron chi connectivity index (χ2n) is 3.58. The molecule has 1 aromatic carbocycles. The summed E-state index contributed by atoms with van der Waals surface area (Å²) in [7, 11) is 0.